The molecule has 0 spiro atoms. The zero-order valence-corrected chi connectivity index (χ0v) is 14.1. The number of carbonyl (C=O) groups is 1. The standard InChI is InChI=1S/C17H20N2O3S/c1-11(23-14-7-4-12(18)5-8-14)17(20)19-15-10-13(21-2)6-9-16(15)22-3/h4-11H,18H2,1-3H3,(H,19,20). The summed E-state index contributed by atoms with van der Waals surface area (Å²) in [5, 5.41) is 2.61. The van der Waals surface area contributed by atoms with Gasteiger partial charge in [-0.2, -0.15) is 0 Å². The minimum absolute atomic E-state index is 0.113. The van der Waals surface area contributed by atoms with Crippen LogP contribution in [0.25, 0.3) is 0 Å². The lowest BCUT2D eigenvalue weighted by Crippen LogP contribution is -2.22. The first-order valence-corrected chi connectivity index (χ1v) is 7.96. The van der Waals surface area contributed by atoms with Crippen molar-refractivity contribution >= 4 is 29.0 Å². The first-order valence-electron chi connectivity index (χ1n) is 7.08. The summed E-state index contributed by atoms with van der Waals surface area (Å²) in [5.41, 5.74) is 6.95. The number of carbonyl (C=O) groups excluding carboxylic acids is 1. The largest absolute Gasteiger partial charge is 0.497 e. The molecule has 1 unspecified atom stereocenters. The van der Waals surface area contributed by atoms with Crippen LogP contribution in [-0.4, -0.2) is 25.4 Å². The lowest BCUT2D eigenvalue weighted by molar-refractivity contribution is -0.115. The molecule has 0 radical (unpaired) electrons. The maximum Gasteiger partial charge on any atom is 0.237 e. The van der Waals surface area contributed by atoms with E-state index in [0.717, 1.165) is 4.90 Å². The number of benzene rings is 2. The molecule has 0 aliphatic carbocycles. The third-order valence-electron chi connectivity index (χ3n) is 3.23. The van der Waals surface area contributed by atoms with Gasteiger partial charge >= 0.3 is 0 Å². The quantitative estimate of drug-likeness (QED) is 0.626. The lowest BCUT2D eigenvalue weighted by Gasteiger charge is -2.15. The molecule has 0 saturated heterocycles. The zero-order chi connectivity index (χ0) is 16.8. The SMILES string of the molecule is COc1ccc(OC)c(NC(=O)C(C)Sc2ccc(N)cc2)c1. The maximum absolute atomic E-state index is 12.4. The fourth-order valence-electron chi connectivity index (χ4n) is 1.95. The van der Waals surface area contributed by atoms with Crippen LogP contribution in [0.3, 0.4) is 0 Å². The van der Waals surface area contributed by atoms with Gasteiger partial charge < -0.3 is 20.5 Å². The highest BCUT2D eigenvalue weighted by Crippen LogP contribution is 2.30. The second kappa shape index (κ2) is 7.78. The highest BCUT2D eigenvalue weighted by molar-refractivity contribution is 8.00. The fraction of sp³-hybridized carbons (Fsp3) is 0.235. The van der Waals surface area contributed by atoms with Crippen LogP contribution in [0.4, 0.5) is 11.4 Å². The number of nitrogen functional groups attached to an aromatic ring is 1. The van der Waals surface area contributed by atoms with Crippen LogP contribution in [0.15, 0.2) is 47.4 Å². The van der Waals surface area contributed by atoms with Crippen molar-refractivity contribution in [1.29, 1.82) is 0 Å². The first-order chi connectivity index (χ1) is 11.0. The van der Waals surface area contributed by atoms with E-state index >= 15 is 0 Å². The summed E-state index contributed by atoms with van der Waals surface area (Å²) in [6, 6.07) is 12.7. The smallest absolute Gasteiger partial charge is 0.237 e. The van der Waals surface area contributed by atoms with Gasteiger partial charge in [0.2, 0.25) is 5.91 Å². The van der Waals surface area contributed by atoms with Gasteiger partial charge in [0.1, 0.15) is 11.5 Å². The number of anilines is 2. The van der Waals surface area contributed by atoms with Crippen molar-refractivity contribution in [2.75, 3.05) is 25.3 Å². The van der Waals surface area contributed by atoms with E-state index in [4.69, 9.17) is 15.2 Å². The van der Waals surface area contributed by atoms with Crippen molar-refractivity contribution in [3.8, 4) is 11.5 Å². The van der Waals surface area contributed by atoms with Crippen molar-refractivity contribution in [3.05, 3.63) is 42.5 Å². The van der Waals surface area contributed by atoms with Gasteiger partial charge in [-0.25, -0.2) is 0 Å². The summed E-state index contributed by atoms with van der Waals surface area (Å²) in [5.74, 6) is 1.13. The van der Waals surface area contributed by atoms with Gasteiger partial charge in [0.15, 0.2) is 0 Å². The Bertz CT molecular complexity index is 674. The van der Waals surface area contributed by atoms with Crippen LogP contribution in [-0.2, 0) is 4.79 Å². The molecule has 0 bridgehead atoms. The Morgan fingerprint density at radius 3 is 2.43 bits per heavy atom. The number of hydrogen-bond acceptors (Lipinski definition) is 5. The van der Waals surface area contributed by atoms with Gasteiger partial charge in [-0.3, -0.25) is 4.79 Å². The monoisotopic (exact) mass is 332 g/mol. The number of nitrogens with two attached hydrogens (primary N) is 1. The van der Waals surface area contributed by atoms with Crippen molar-refractivity contribution < 1.29 is 14.3 Å². The van der Waals surface area contributed by atoms with Crippen LogP contribution >= 0.6 is 11.8 Å². The second-order valence-electron chi connectivity index (χ2n) is 4.88. The molecule has 3 N–H and O–H groups in total. The van der Waals surface area contributed by atoms with Gasteiger partial charge in [-0.15, -0.1) is 11.8 Å². The van der Waals surface area contributed by atoms with E-state index in [2.05, 4.69) is 5.32 Å². The molecule has 2 rings (SSSR count). The van der Waals surface area contributed by atoms with Crippen LogP contribution < -0.4 is 20.5 Å². The van der Waals surface area contributed by atoms with E-state index in [9.17, 15) is 4.79 Å². The van der Waals surface area contributed by atoms with E-state index in [0.29, 0.717) is 22.9 Å². The van der Waals surface area contributed by atoms with Gasteiger partial charge in [0.25, 0.3) is 0 Å². The van der Waals surface area contributed by atoms with E-state index in [1.54, 1.807) is 32.4 Å². The molecule has 0 aliphatic rings. The number of thioether (sulfide) groups is 1. The molecule has 5 nitrogen and oxygen atoms in total. The molecule has 0 fully saturated rings. The van der Waals surface area contributed by atoms with E-state index in [1.165, 1.54) is 11.8 Å². The first kappa shape index (κ1) is 17.0. The molecule has 0 heterocycles. The summed E-state index contributed by atoms with van der Waals surface area (Å²) < 4.78 is 10.4. The predicted molar refractivity (Wildman–Crippen MR) is 94.3 cm³/mol. The van der Waals surface area contributed by atoms with E-state index in [-0.39, 0.29) is 11.2 Å². The van der Waals surface area contributed by atoms with Gasteiger partial charge in [0, 0.05) is 16.6 Å². The summed E-state index contributed by atoms with van der Waals surface area (Å²) in [6.45, 7) is 1.85. The number of hydrogen-bond donors (Lipinski definition) is 2. The molecular formula is C17H20N2O3S. The second-order valence-corrected chi connectivity index (χ2v) is 6.30. The van der Waals surface area contributed by atoms with Crippen LogP contribution in [0.1, 0.15) is 6.92 Å². The van der Waals surface area contributed by atoms with Crippen molar-refractivity contribution in [2.24, 2.45) is 0 Å². The Hall–Kier alpha value is -2.34. The Labute approximate surface area is 140 Å². The van der Waals surface area contributed by atoms with Crippen molar-refractivity contribution in [3.63, 3.8) is 0 Å². The summed E-state index contributed by atoms with van der Waals surface area (Å²) >= 11 is 1.46. The molecule has 0 saturated carbocycles. The van der Waals surface area contributed by atoms with Gasteiger partial charge in [0.05, 0.1) is 25.2 Å². The average molecular weight is 332 g/mol. The van der Waals surface area contributed by atoms with Gasteiger partial charge in [-0.1, -0.05) is 0 Å². The average Bonchev–Trinajstić information content (AvgIpc) is 2.56. The molecule has 6 heteroatoms. The number of amides is 1. The van der Waals surface area contributed by atoms with Gasteiger partial charge in [-0.05, 0) is 43.3 Å². The molecule has 23 heavy (non-hydrogen) atoms. The number of rotatable bonds is 6. The normalized spacial score (nSPS) is 11.6. The molecule has 0 aliphatic heterocycles. The summed E-state index contributed by atoms with van der Waals surface area (Å²) in [6.07, 6.45) is 0. The lowest BCUT2D eigenvalue weighted by atomic mass is 10.2. The van der Waals surface area contributed by atoms with Crippen molar-refractivity contribution in [2.45, 2.75) is 17.1 Å². The third kappa shape index (κ3) is 4.56. The molecule has 0 aromatic heterocycles. The predicted octanol–water partition coefficient (Wildman–Crippen LogP) is 3.41. The highest BCUT2D eigenvalue weighted by Gasteiger charge is 2.17. The van der Waals surface area contributed by atoms with Crippen LogP contribution in [0.2, 0.25) is 0 Å². The molecule has 2 aromatic rings. The molecular weight excluding hydrogens is 312 g/mol. The Morgan fingerprint density at radius 1 is 1.13 bits per heavy atom. The Kier molecular flexibility index (Phi) is 5.76. The molecule has 2 aromatic carbocycles. The highest BCUT2D eigenvalue weighted by atomic mass is 32.2. The minimum Gasteiger partial charge on any atom is -0.497 e. The summed E-state index contributed by atoms with van der Waals surface area (Å²) in [4.78, 5) is 13.4. The number of ether oxygens (including phenoxy) is 2. The minimum atomic E-state index is -0.269. The fourth-order valence-corrected chi connectivity index (χ4v) is 2.82. The van der Waals surface area contributed by atoms with E-state index in [1.807, 2.05) is 31.2 Å². The number of nitrogens with one attached hydrogen (secondary N) is 1. The Balaban J connectivity index is 2.07. The van der Waals surface area contributed by atoms with E-state index < -0.39 is 0 Å². The maximum atomic E-state index is 12.4. The topological polar surface area (TPSA) is 73.6 Å². The molecule has 1 atom stereocenters. The molecule has 1 amide bonds. The van der Waals surface area contributed by atoms with Crippen LogP contribution in [0.5, 0.6) is 11.5 Å². The Morgan fingerprint density at radius 2 is 1.83 bits per heavy atom. The van der Waals surface area contributed by atoms with Crippen molar-refractivity contribution in [1.82, 2.24) is 0 Å². The van der Waals surface area contributed by atoms with Crippen LogP contribution in [0, 0.1) is 0 Å². The number of methoxy groups -OCH3 is 2. The summed E-state index contributed by atoms with van der Waals surface area (Å²) in [7, 11) is 3.14. The third-order valence-corrected chi connectivity index (χ3v) is 4.34. The molecule has 122 valence electrons. The zero-order valence-electron chi connectivity index (χ0n) is 13.3.